The van der Waals surface area contributed by atoms with Crippen LogP contribution >= 0.6 is 11.3 Å². The Balaban J connectivity index is 2.02. The van der Waals surface area contributed by atoms with Crippen LogP contribution in [-0.4, -0.2) is 31.1 Å². The molecule has 8 heteroatoms. The highest BCUT2D eigenvalue weighted by atomic mass is 32.1. The molecule has 0 fully saturated rings. The van der Waals surface area contributed by atoms with E-state index in [4.69, 9.17) is 14.7 Å². The van der Waals surface area contributed by atoms with E-state index < -0.39 is 24.5 Å². The molecule has 0 spiro atoms. The summed E-state index contributed by atoms with van der Waals surface area (Å²) < 4.78 is 10.0. The standard InChI is InChI=1S/C20H20N2O5S/c1-4-26-20(25)15-9-16(12(2)3)28-18(15)22-17(23)11-27-19(24)14-7-5-13(10-21)6-8-14/h5-9,12H,4,11H2,1-3H3,(H,22,23). The normalized spacial score (nSPS) is 10.2. The summed E-state index contributed by atoms with van der Waals surface area (Å²) in [6.45, 7) is 5.38. The molecule has 0 aliphatic rings. The van der Waals surface area contributed by atoms with E-state index in [2.05, 4.69) is 5.32 Å². The van der Waals surface area contributed by atoms with E-state index in [9.17, 15) is 14.4 Å². The van der Waals surface area contributed by atoms with E-state index in [0.29, 0.717) is 10.6 Å². The molecule has 2 rings (SSSR count). The van der Waals surface area contributed by atoms with Crippen LogP contribution in [0.15, 0.2) is 30.3 Å². The molecule has 1 heterocycles. The second-order valence-electron chi connectivity index (χ2n) is 6.08. The number of esters is 2. The number of nitrogens with zero attached hydrogens (tertiary/aromatic N) is 1. The van der Waals surface area contributed by atoms with Crippen molar-refractivity contribution in [1.29, 1.82) is 5.26 Å². The number of carbonyl (C=O) groups excluding carboxylic acids is 3. The minimum Gasteiger partial charge on any atom is -0.462 e. The van der Waals surface area contributed by atoms with E-state index in [1.807, 2.05) is 19.9 Å². The fourth-order valence-electron chi connectivity index (χ4n) is 2.21. The number of thiophene rings is 1. The summed E-state index contributed by atoms with van der Waals surface area (Å²) in [5.41, 5.74) is 0.930. The molecule has 1 amide bonds. The Morgan fingerprint density at radius 1 is 1.14 bits per heavy atom. The largest absolute Gasteiger partial charge is 0.462 e. The first kappa shape index (κ1) is 21.1. The third-order valence-corrected chi connectivity index (χ3v) is 5.00. The van der Waals surface area contributed by atoms with Crippen LogP contribution in [0.1, 0.15) is 57.8 Å². The molecule has 28 heavy (non-hydrogen) atoms. The number of rotatable bonds is 7. The summed E-state index contributed by atoms with van der Waals surface area (Å²) in [6, 6.07) is 9.53. The molecule has 0 saturated carbocycles. The highest BCUT2D eigenvalue weighted by Gasteiger charge is 2.21. The van der Waals surface area contributed by atoms with Crippen LogP contribution in [-0.2, 0) is 14.3 Å². The van der Waals surface area contributed by atoms with Gasteiger partial charge in [-0.05, 0) is 43.2 Å². The quantitative estimate of drug-likeness (QED) is 0.710. The second kappa shape index (κ2) is 9.67. The number of nitrogens with one attached hydrogen (secondary N) is 1. The number of benzene rings is 1. The Morgan fingerprint density at radius 3 is 2.39 bits per heavy atom. The maximum atomic E-state index is 12.2. The van der Waals surface area contributed by atoms with Gasteiger partial charge in [0.2, 0.25) is 0 Å². The first-order valence-corrected chi connectivity index (χ1v) is 9.45. The van der Waals surface area contributed by atoms with Gasteiger partial charge in [-0.3, -0.25) is 4.79 Å². The fraction of sp³-hybridized carbons (Fsp3) is 0.300. The van der Waals surface area contributed by atoms with Crippen molar-refractivity contribution in [2.45, 2.75) is 26.7 Å². The van der Waals surface area contributed by atoms with Crippen molar-refractivity contribution >= 4 is 34.2 Å². The van der Waals surface area contributed by atoms with E-state index in [0.717, 1.165) is 4.88 Å². The Bertz CT molecular complexity index is 910. The van der Waals surface area contributed by atoms with E-state index in [1.54, 1.807) is 13.0 Å². The SMILES string of the molecule is CCOC(=O)c1cc(C(C)C)sc1NC(=O)COC(=O)c1ccc(C#N)cc1. The fourth-order valence-corrected chi connectivity index (χ4v) is 3.27. The van der Waals surface area contributed by atoms with Crippen molar-refractivity contribution < 1.29 is 23.9 Å². The van der Waals surface area contributed by atoms with Gasteiger partial charge in [0.25, 0.3) is 5.91 Å². The predicted octanol–water partition coefficient (Wildman–Crippen LogP) is 3.72. The molecule has 0 aliphatic heterocycles. The summed E-state index contributed by atoms with van der Waals surface area (Å²) in [5, 5.41) is 11.7. The molecular formula is C20H20N2O5S. The number of hydrogen-bond acceptors (Lipinski definition) is 7. The molecule has 0 atom stereocenters. The number of anilines is 1. The maximum absolute atomic E-state index is 12.2. The number of carbonyl (C=O) groups is 3. The monoisotopic (exact) mass is 400 g/mol. The van der Waals surface area contributed by atoms with Crippen molar-refractivity contribution in [1.82, 2.24) is 0 Å². The van der Waals surface area contributed by atoms with Gasteiger partial charge < -0.3 is 14.8 Å². The Hall–Kier alpha value is -3.18. The first-order valence-electron chi connectivity index (χ1n) is 8.63. The Labute approximate surface area is 166 Å². The molecule has 0 bridgehead atoms. The van der Waals surface area contributed by atoms with Gasteiger partial charge in [-0.1, -0.05) is 13.8 Å². The lowest BCUT2D eigenvalue weighted by Crippen LogP contribution is -2.21. The average molecular weight is 400 g/mol. The first-order chi connectivity index (χ1) is 13.3. The molecule has 0 aliphatic carbocycles. The van der Waals surface area contributed by atoms with Crippen LogP contribution in [0.4, 0.5) is 5.00 Å². The predicted molar refractivity (Wildman–Crippen MR) is 104 cm³/mol. The third-order valence-electron chi connectivity index (χ3n) is 3.65. The van der Waals surface area contributed by atoms with Gasteiger partial charge in [0.05, 0.1) is 29.4 Å². The van der Waals surface area contributed by atoms with Crippen LogP contribution in [0.3, 0.4) is 0 Å². The van der Waals surface area contributed by atoms with Gasteiger partial charge in [-0.2, -0.15) is 5.26 Å². The van der Waals surface area contributed by atoms with Crippen molar-refractivity contribution in [2.24, 2.45) is 0 Å². The number of nitriles is 1. The van der Waals surface area contributed by atoms with Crippen LogP contribution in [0.5, 0.6) is 0 Å². The second-order valence-corrected chi connectivity index (χ2v) is 7.16. The maximum Gasteiger partial charge on any atom is 0.341 e. The minimum absolute atomic E-state index is 0.179. The topological polar surface area (TPSA) is 105 Å². The molecule has 0 unspecified atom stereocenters. The van der Waals surface area contributed by atoms with Gasteiger partial charge in [0, 0.05) is 4.88 Å². The summed E-state index contributed by atoms with van der Waals surface area (Å²) in [7, 11) is 0. The highest BCUT2D eigenvalue weighted by molar-refractivity contribution is 7.16. The summed E-state index contributed by atoms with van der Waals surface area (Å²) in [4.78, 5) is 37.2. The zero-order chi connectivity index (χ0) is 20.7. The molecule has 0 radical (unpaired) electrons. The molecule has 1 N–H and O–H groups in total. The van der Waals surface area contributed by atoms with Crippen molar-refractivity contribution in [3.8, 4) is 6.07 Å². The number of ether oxygens (including phenoxy) is 2. The van der Waals surface area contributed by atoms with Crippen LogP contribution in [0.25, 0.3) is 0 Å². The van der Waals surface area contributed by atoms with Gasteiger partial charge >= 0.3 is 11.9 Å². The number of amides is 1. The smallest absolute Gasteiger partial charge is 0.341 e. The van der Waals surface area contributed by atoms with E-state index in [-0.39, 0.29) is 23.7 Å². The molecule has 1 aromatic heterocycles. The number of hydrogen-bond donors (Lipinski definition) is 1. The molecule has 2 aromatic rings. The van der Waals surface area contributed by atoms with Crippen LogP contribution < -0.4 is 5.32 Å². The van der Waals surface area contributed by atoms with Crippen LogP contribution in [0.2, 0.25) is 0 Å². The van der Waals surface area contributed by atoms with Gasteiger partial charge in [0.15, 0.2) is 6.61 Å². The minimum atomic E-state index is -0.681. The van der Waals surface area contributed by atoms with Crippen molar-refractivity contribution in [2.75, 3.05) is 18.5 Å². The van der Waals surface area contributed by atoms with Gasteiger partial charge in [0.1, 0.15) is 5.00 Å². The van der Waals surface area contributed by atoms with E-state index in [1.165, 1.54) is 35.6 Å². The molecule has 146 valence electrons. The van der Waals surface area contributed by atoms with E-state index >= 15 is 0 Å². The summed E-state index contributed by atoms with van der Waals surface area (Å²) >= 11 is 1.28. The summed E-state index contributed by atoms with van der Waals surface area (Å²) in [6.07, 6.45) is 0. The Kier molecular flexibility index (Phi) is 7.29. The molecular weight excluding hydrogens is 380 g/mol. The Morgan fingerprint density at radius 2 is 1.82 bits per heavy atom. The molecule has 0 saturated heterocycles. The lowest BCUT2D eigenvalue weighted by Gasteiger charge is -2.07. The zero-order valence-electron chi connectivity index (χ0n) is 15.8. The third kappa shape index (κ3) is 5.41. The zero-order valence-corrected chi connectivity index (χ0v) is 16.6. The summed E-state index contributed by atoms with van der Waals surface area (Å²) in [5.74, 6) is -1.59. The molecule has 1 aromatic carbocycles. The van der Waals surface area contributed by atoms with Gasteiger partial charge in [-0.15, -0.1) is 11.3 Å². The van der Waals surface area contributed by atoms with Gasteiger partial charge in [-0.25, -0.2) is 9.59 Å². The molecule has 7 nitrogen and oxygen atoms in total. The van der Waals surface area contributed by atoms with Crippen molar-refractivity contribution in [3.05, 3.63) is 51.9 Å². The van der Waals surface area contributed by atoms with Crippen LogP contribution in [0, 0.1) is 11.3 Å². The van der Waals surface area contributed by atoms with Crippen molar-refractivity contribution in [3.63, 3.8) is 0 Å². The highest BCUT2D eigenvalue weighted by Crippen LogP contribution is 2.33. The average Bonchev–Trinajstić information content (AvgIpc) is 3.10. The lowest BCUT2D eigenvalue weighted by atomic mass is 10.1. The lowest BCUT2D eigenvalue weighted by molar-refractivity contribution is -0.119.